The van der Waals surface area contributed by atoms with Gasteiger partial charge in [-0.3, -0.25) is 0 Å². The fraction of sp³-hybridized carbons (Fsp3) is 0. The van der Waals surface area contributed by atoms with E-state index < -0.39 is 0 Å². The summed E-state index contributed by atoms with van der Waals surface area (Å²) in [6.07, 6.45) is 0. The van der Waals surface area contributed by atoms with Crippen LogP contribution in [0.4, 0.5) is 0 Å². The topological polar surface area (TPSA) is 13.1 Å². The number of hydrogen-bond acceptors (Lipinski definition) is 1. The van der Waals surface area contributed by atoms with Gasteiger partial charge in [-0.1, -0.05) is 152 Å². The molecular weight excluding hydrogens is 569 g/mol. The molecule has 1 nitrogen and oxygen atoms in total. The van der Waals surface area contributed by atoms with E-state index >= 15 is 0 Å². The molecule has 0 spiro atoms. The highest BCUT2D eigenvalue weighted by Gasteiger charge is 2.21. The van der Waals surface area contributed by atoms with Crippen LogP contribution in [0, 0.1) is 0 Å². The number of fused-ring (bicyclic) bond motifs is 8. The molecule has 1 heteroatoms. The molecular formula is C46H28O. The molecule has 1 heterocycles. The van der Waals surface area contributed by atoms with Gasteiger partial charge in [-0.25, -0.2) is 0 Å². The number of hydrogen-bond donors (Lipinski definition) is 0. The summed E-state index contributed by atoms with van der Waals surface area (Å²) in [5.74, 6) is 0. The molecule has 0 unspecified atom stereocenters. The number of furan rings is 1. The molecule has 0 bridgehead atoms. The van der Waals surface area contributed by atoms with Gasteiger partial charge in [0.1, 0.15) is 11.2 Å². The maximum Gasteiger partial charge on any atom is 0.136 e. The lowest BCUT2D eigenvalue weighted by atomic mass is 9.84. The molecule has 0 fully saturated rings. The lowest BCUT2D eigenvalue weighted by Gasteiger charge is -2.18. The van der Waals surface area contributed by atoms with Gasteiger partial charge in [0.15, 0.2) is 0 Å². The third kappa shape index (κ3) is 3.90. The van der Waals surface area contributed by atoms with Crippen molar-refractivity contribution in [1.29, 1.82) is 0 Å². The van der Waals surface area contributed by atoms with Crippen molar-refractivity contribution in [2.75, 3.05) is 0 Å². The minimum absolute atomic E-state index is 0.900. The van der Waals surface area contributed by atoms with Crippen LogP contribution in [0.25, 0.3) is 98.4 Å². The molecule has 218 valence electrons. The van der Waals surface area contributed by atoms with Crippen LogP contribution in [0.2, 0.25) is 0 Å². The minimum atomic E-state index is 0.900. The van der Waals surface area contributed by atoms with Gasteiger partial charge in [-0.2, -0.15) is 0 Å². The van der Waals surface area contributed by atoms with Crippen LogP contribution in [0.1, 0.15) is 0 Å². The molecule has 0 aliphatic carbocycles. The molecule has 0 amide bonds. The highest BCUT2D eigenvalue weighted by molar-refractivity contribution is 6.27. The van der Waals surface area contributed by atoms with Gasteiger partial charge in [0.25, 0.3) is 0 Å². The molecule has 1 aromatic heterocycles. The summed E-state index contributed by atoms with van der Waals surface area (Å²) in [6.45, 7) is 0. The summed E-state index contributed by atoms with van der Waals surface area (Å²) in [5.41, 5.74) is 9.09. The molecule has 10 aromatic rings. The Labute approximate surface area is 271 Å². The van der Waals surface area contributed by atoms with Crippen LogP contribution in [0.3, 0.4) is 0 Å². The Balaban J connectivity index is 1.32. The largest absolute Gasteiger partial charge is 0.456 e. The Morgan fingerprint density at radius 3 is 1.49 bits per heavy atom. The Bertz CT molecular complexity index is 2780. The summed E-state index contributed by atoms with van der Waals surface area (Å²) in [4.78, 5) is 0. The van der Waals surface area contributed by atoms with E-state index in [0.717, 1.165) is 21.9 Å². The Hall–Kier alpha value is -6.18. The zero-order chi connectivity index (χ0) is 30.9. The molecule has 0 N–H and O–H groups in total. The normalized spacial score (nSPS) is 11.8. The second kappa shape index (κ2) is 10.2. The lowest BCUT2D eigenvalue weighted by molar-refractivity contribution is 0.669. The third-order valence-corrected chi connectivity index (χ3v) is 9.84. The van der Waals surface area contributed by atoms with Gasteiger partial charge in [0, 0.05) is 10.8 Å². The summed E-state index contributed by atoms with van der Waals surface area (Å²) >= 11 is 0. The van der Waals surface area contributed by atoms with E-state index in [-0.39, 0.29) is 0 Å². The predicted octanol–water partition coefficient (Wildman–Crippen LogP) is 13.2. The lowest BCUT2D eigenvalue weighted by Crippen LogP contribution is -1.91. The van der Waals surface area contributed by atoms with Crippen LogP contribution in [-0.2, 0) is 0 Å². The fourth-order valence-electron chi connectivity index (χ4n) is 7.82. The molecule has 0 aliphatic heterocycles. The number of rotatable bonds is 3. The van der Waals surface area contributed by atoms with Crippen LogP contribution in [-0.4, -0.2) is 0 Å². The monoisotopic (exact) mass is 596 g/mol. The summed E-state index contributed by atoms with van der Waals surface area (Å²) in [5, 5.41) is 12.3. The first-order valence-corrected chi connectivity index (χ1v) is 16.2. The van der Waals surface area contributed by atoms with Gasteiger partial charge in [0.05, 0.1) is 0 Å². The summed E-state index contributed by atoms with van der Waals surface area (Å²) in [6, 6.07) is 61.5. The van der Waals surface area contributed by atoms with E-state index in [1.807, 2.05) is 0 Å². The van der Waals surface area contributed by atoms with E-state index in [2.05, 4.69) is 170 Å². The second-order valence-corrected chi connectivity index (χ2v) is 12.4. The van der Waals surface area contributed by atoms with Crippen molar-refractivity contribution >= 4 is 65.0 Å². The Kier molecular flexibility index (Phi) is 5.64. The molecule has 0 saturated heterocycles. The number of benzene rings is 9. The first-order valence-electron chi connectivity index (χ1n) is 16.2. The smallest absolute Gasteiger partial charge is 0.136 e. The van der Waals surface area contributed by atoms with Crippen molar-refractivity contribution in [3.8, 4) is 33.4 Å². The van der Waals surface area contributed by atoms with Crippen molar-refractivity contribution < 1.29 is 4.42 Å². The van der Waals surface area contributed by atoms with E-state index in [1.54, 1.807) is 0 Å². The van der Waals surface area contributed by atoms with Crippen molar-refractivity contribution in [1.82, 2.24) is 0 Å². The van der Waals surface area contributed by atoms with Crippen LogP contribution in [0.5, 0.6) is 0 Å². The van der Waals surface area contributed by atoms with Gasteiger partial charge >= 0.3 is 0 Å². The summed E-state index contributed by atoms with van der Waals surface area (Å²) < 4.78 is 6.65. The van der Waals surface area contributed by atoms with Crippen molar-refractivity contribution in [3.63, 3.8) is 0 Å². The van der Waals surface area contributed by atoms with Crippen molar-refractivity contribution in [2.24, 2.45) is 0 Å². The van der Waals surface area contributed by atoms with Gasteiger partial charge in [0.2, 0.25) is 0 Å². The molecule has 10 rings (SSSR count). The SMILES string of the molecule is c1ccc(-c2c3ccccc3c(-c3cccc4oc5cccc(-c6ccc7ccc8ccccc8c7c6)c5c34)c3ccccc23)cc1. The molecule has 0 saturated carbocycles. The summed E-state index contributed by atoms with van der Waals surface area (Å²) in [7, 11) is 0. The average Bonchev–Trinajstić information content (AvgIpc) is 3.53. The van der Waals surface area contributed by atoms with E-state index in [9.17, 15) is 0 Å². The van der Waals surface area contributed by atoms with Crippen molar-refractivity contribution in [2.45, 2.75) is 0 Å². The maximum absolute atomic E-state index is 6.65. The quantitative estimate of drug-likeness (QED) is 0.146. The van der Waals surface area contributed by atoms with Gasteiger partial charge < -0.3 is 4.42 Å². The van der Waals surface area contributed by atoms with E-state index in [1.165, 1.54) is 76.5 Å². The molecule has 9 aromatic carbocycles. The first kappa shape index (κ1) is 26.1. The van der Waals surface area contributed by atoms with Crippen LogP contribution in [0.15, 0.2) is 174 Å². The molecule has 47 heavy (non-hydrogen) atoms. The third-order valence-electron chi connectivity index (χ3n) is 9.84. The molecule has 0 radical (unpaired) electrons. The highest BCUT2D eigenvalue weighted by Crippen LogP contribution is 2.48. The zero-order valence-corrected chi connectivity index (χ0v) is 25.6. The Morgan fingerprint density at radius 1 is 0.298 bits per heavy atom. The van der Waals surface area contributed by atoms with E-state index in [0.29, 0.717) is 0 Å². The fourth-order valence-corrected chi connectivity index (χ4v) is 7.82. The Morgan fingerprint density at radius 2 is 0.809 bits per heavy atom. The van der Waals surface area contributed by atoms with Gasteiger partial charge in [-0.15, -0.1) is 0 Å². The first-order chi connectivity index (χ1) is 23.3. The van der Waals surface area contributed by atoms with Crippen LogP contribution < -0.4 is 0 Å². The van der Waals surface area contributed by atoms with Crippen molar-refractivity contribution in [3.05, 3.63) is 170 Å². The highest BCUT2D eigenvalue weighted by atomic mass is 16.3. The van der Waals surface area contributed by atoms with Crippen LogP contribution >= 0.6 is 0 Å². The maximum atomic E-state index is 6.65. The van der Waals surface area contributed by atoms with E-state index in [4.69, 9.17) is 4.42 Å². The zero-order valence-electron chi connectivity index (χ0n) is 25.6. The predicted molar refractivity (Wildman–Crippen MR) is 200 cm³/mol. The molecule has 0 atom stereocenters. The van der Waals surface area contributed by atoms with Gasteiger partial charge in [-0.05, 0) is 94.7 Å². The second-order valence-electron chi connectivity index (χ2n) is 12.4. The average molecular weight is 597 g/mol. The molecule has 0 aliphatic rings. The minimum Gasteiger partial charge on any atom is -0.456 e. The standard InChI is InChI=1S/C46H28O/c1-2-13-31(14-3-1)43-35-16-6-8-18-37(35)44(38-19-9-7-17-36(38)43)39-21-11-23-42-46(39)45-34(20-10-22-41(45)47-42)32-27-26-30-25-24-29-12-4-5-15-33(29)40(30)28-32/h1-28H.